The lowest BCUT2D eigenvalue weighted by molar-refractivity contribution is -0.0605. The van der Waals surface area contributed by atoms with Crippen molar-refractivity contribution >= 4 is 6.03 Å². The van der Waals surface area contributed by atoms with Crippen molar-refractivity contribution in [2.45, 2.75) is 18.9 Å². The Labute approximate surface area is 51.7 Å². The third-order valence-corrected chi connectivity index (χ3v) is 1.17. The standard InChI is InChI=1S/C4H8N2O3/c1-4(9)2(7)5-3(8)6-4/h2,7,9H,1H3,(H2,5,6,8)/t2-,4-/m1/s1. The zero-order valence-corrected chi connectivity index (χ0v) is 4.88. The van der Waals surface area contributed by atoms with Gasteiger partial charge in [0.15, 0.2) is 12.0 Å². The minimum atomic E-state index is -1.53. The summed E-state index contributed by atoms with van der Waals surface area (Å²) in [5, 5.41) is 21.9. The van der Waals surface area contributed by atoms with Gasteiger partial charge in [0.05, 0.1) is 0 Å². The van der Waals surface area contributed by atoms with E-state index in [4.69, 9.17) is 10.2 Å². The highest BCUT2D eigenvalue weighted by Crippen LogP contribution is 2.07. The van der Waals surface area contributed by atoms with Gasteiger partial charge >= 0.3 is 6.03 Å². The molecule has 5 nitrogen and oxygen atoms in total. The van der Waals surface area contributed by atoms with Gasteiger partial charge in [-0.15, -0.1) is 0 Å². The molecule has 0 bridgehead atoms. The molecule has 0 aliphatic carbocycles. The smallest absolute Gasteiger partial charge is 0.319 e. The van der Waals surface area contributed by atoms with Gasteiger partial charge in [-0.1, -0.05) is 0 Å². The van der Waals surface area contributed by atoms with Gasteiger partial charge in [-0.05, 0) is 6.92 Å². The van der Waals surface area contributed by atoms with Crippen molar-refractivity contribution in [3.8, 4) is 0 Å². The van der Waals surface area contributed by atoms with E-state index < -0.39 is 18.0 Å². The number of aliphatic hydroxyl groups is 2. The SMILES string of the molecule is C[C@]1(O)NC(=O)N[C@@H]1O. The molecule has 9 heavy (non-hydrogen) atoms. The average Bonchev–Trinajstić information content (AvgIpc) is 1.79. The second kappa shape index (κ2) is 1.58. The zero-order valence-electron chi connectivity index (χ0n) is 4.88. The van der Waals surface area contributed by atoms with Gasteiger partial charge in [0.1, 0.15) is 0 Å². The third-order valence-electron chi connectivity index (χ3n) is 1.17. The monoisotopic (exact) mass is 132 g/mol. The lowest BCUT2D eigenvalue weighted by atomic mass is 10.2. The molecule has 2 amide bonds. The number of aliphatic hydroxyl groups excluding tert-OH is 1. The molecule has 1 saturated heterocycles. The van der Waals surface area contributed by atoms with E-state index in [2.05, 4.69) is 10.6 Å². The number of hydrogen-bond donors (Lipinski definition) is 4. The molecule has 1 rings (SSSR count). The van der Waals surface area contributed by atoms with Crippen molar-refractivity contribution in [3.05, 3.63) is 0 Å². The third kappa shape index (κ3) is 0.962. The number of hydrogen-bond acceptors (Lipinski definition) is 3. The van der Waals surface area contributed by atoms with Crippen LogP contribution in [0.3, 0.4) is 0 Å². The fourth-order valence-corrected chi connectivity index (χ4v) is 0.599. The van der Waals surface area contributed by atoms with E-state index in [-0.39, 0.29) is 0 Å². The topological polar surface area (TPSA) is 81.6 Å². The predicted octanol–water partition coefficient (Wildman–Crippen LogP) is -1.67. The molecule has 0 aromatic carbocycles. The van der Waals surface area contributed by atoms with Crippen molar-refractivity contribution in [3.63, 3.8) is 0 Å². The maximum absolute atomic E-state index is 10.3. The van der Waals surface area contributed by atoms with E-state index in [1.165, 1.54) is 6.92 Å². The fourth-order valence-electron chi connectivity index (χ4n) is 0.599. The highest BCUT2D eigenvalue weighted by atomic mass is 16.4. The Kier molecular flexibility index (Phi) is 1.11. The molecule has 5 heteroatoms. The first-order valence-corrected chi connectivity index (χ1v) is 2.51. The van der Waals surface area contributed by atoms with Crippen LogP contribution >= 0.6 is 0 Å². The summed E-state index contributed by atoms with van der Waals surface area (Å²) < 4.78 is 0. The molecule has 52 valence electrons. The van der Waals surface area contributed by atoms with E-state index in [0.29, 0.717) is 0 Å². The van der Waals surface area contributed by atoms with Crippen LogP contribution in [0.2, 0.25) is 0 Å². The Morgan fingerprint density at radius 2 is 2.33 bits per heavy atom. The van der Waals surface area contributed by atoms with Crippen LogP contribution in [0, 0.1) is 0 Å². The molecule has 4 N–H and O–H groups in total. The summed E-state index contributed by atoms with van der Waals surface area (Å²) in [5.74, 6) is 0. The molecule has 1 heterocycles. The van der Waals surface area contributed by atoms with E-state index >= 15 is 0 Å². The summed E-state index contributed by atoms with van der Waals surface area (Å²) in [6.45, 7) is 1.30. The number of carbonyl (C=O) groups is 1. The largest absolute Gasteiger partial charge is 0.369 e. The summed E-state index contributed by atoms with van der Waals surface area (Å²) in [6, 6.07) is -0.562. The van der Waals surface area contributed by atoms with Gasteiger partial charge in [-0.2, -0.15) is 0 Å². The van der Waals surface area contributed by atoms with Crippen LogP contribution < -0.4 is 10.6 Å². The molecule has 0 spiro atoms. The van der Waals surface area contributed by atoms with Gasteiger partial charge in [0.2, 0.25) is 0 Å². The van der Waals surface area contributed by atoms with E-state index in [1.54, 1.807) is 0 Å². The number of carbonyl (C=O) groups excluding carboxylic acids is 1. The van der Waals surface area contributed by atoms with Crippen LogP contribution in [0.5, 0.6) is 0 Å². The van der Waals surface area contributed by atoms with Crippen LogP contribution in [0.4, 0.5) is 4.79 Å². The summed E-state index contributed by atoms with van der Waals surface area (Å²) >= 11 is 0. The zero-order chi connectivity index (χ0) is 7.07. The lowest BCUT2D eigenvalue weighted by Crippen LogP contribution is -2.46. The first kappa shape index (κ1) is 6.31. The van der Waals surface area contributed by atoms with Gasteiger partial charge in [-0.25, -0.2) is 4.79 Å². The minimum Gasteiger partial charge on any atom is -0.369 e. The maximum atomic E-state index is 10.3. The number of amides is 2. The minimum absolute atomic E-state index is 0.562. The van der Waals surface area contributed by atoms with Crippen LogP contribution in [-0.4, -0.2) is 28.2 Å². The fraction of sp³-hybridized carbons (Fsp3) is 0.750. The van der Waals surface area contributed by atoms with Crippen LogP contribution in [-0.2, 0) is 0 Å². The van der Waals surface area contributed by atoms with Crippen molar-refractivity contribution in [2.24, 2.45) is 0 Å². The van der Waals surface area contributed by atoms with Gasteiger partial charge in [-0.3, -0.25) is 0 Å². The summed E-state index contributed by atoms with van der Waals surface area (Å²) in [4.78, 5) is 10.3. The van der Waals surface area contributed by atoms with Gasteiger partial charge < -0.3 is 20.8 Å². The van der Waals surface area contributed by atoms with E-state index in [1.807, 2.05) is 0 Å². The van der Waals surface area contributed by atoms with Crippen LogP contribution in [0.25, 0.3) is 0 Å². The first-order valence-electron chi connectivity index (χ1n) is 2.51. The molecule has 1 fully saturated rings. The van der Waals surface area contributed by atoms with Crippen molar-refractivity contribution in [1.82, 2.24) is 10.6 Å². The molecule has 0 saturated carbocycles. The van der Waals surface area contributed by atoms with Crippen molar-refractivity contribution in [1.29, 1.82) is 0 Å². The molecule has 0 unspecified atom stereocenters. The van der Waals surface area contributed by atoms with Crippen molar-refractivity contribution < 1.29 is 15.0 Å². The molecule has 0 aromatic rings. The molecule has 1 aliphatic rings. The Balaban J connectivity index is 2.69. The van der Waals surface area contributed by atoms with E-state index in [0.717, 1.165) is 0 Å². The Bertz CT molecular complexity index is 145. The van der Waals surface area contributed by atoms with E-state index in [9.17, 15) is 4.79 Å². The number of rotatable bonds is 0. The van der Waals surface area contributed by atoms with Crippen LogP contribution in [0.15, 0.2) is 0 Å². The Morgan fingerprint density at radius 3 is 2.44 bits per heavy atom. The molecular formula is C4H8N2O3. The number of nitrogens with one attached hydrogen (secondary N) is 2. The average molecular weight is 132 g/mol. The summed E-state index contributed by atoms with van der Waals surface area (Å²) in [6.07, 6.45) is -1.22. The van der Waals surface area contributed by atoms with Gasteiger partial charge in [0.25, 0.3) is 0 Å². The Hall–Kier alpha value is -0.810. The summed E-state index contributed by atoms with van der Waals surface area (Å²) in [5.41, 5.74) is -1.53. The Morgan fingerprint density at radius 1 is 1.78 bits per heavy atom. The highest BCUT2D eigenvalue weighted by molar-refractivity contribution is 5.77. The molecule has 0 aromatic heterocycles. The second-order valence-corrected chi connectivity index (χ2v) is 2.15. The second-order valence-electron chi connectivity index (χ2n) is 2.15. The number of urea groups is 1. The quantitative estimate of drug-likeness (QED) is 0.318. The molecular weight excluding hydrogens is 124 g/mol. The molecule has 2 atom stereocenters. The lowest BCUT2D eigenvalue weighted by Gasteiger charge is -2.17. The van der Waals surface area contributed by atoms with Crippen molar-refractivity contribution in [2.75, 3.05) is 0 Å². The molecule has 0 radical (unpaired) electrons. The summed E-state index contributed by atoms with van der Waals surface area (Å²) in [7, 11) is 0. The predicted molar refractivity (Wildman–Crippen MR) is 28.3 cm³/mol. The highest BCUT2D eigenvalue weighted by Gasteiger charge is 2.39. The normalized spacial score (nSPS) is 42.1. The molecule has 1 aliphatic heterocycles. The van der Waals surface area contributed by atoms with Crippen LogP contribution in [0.1, 0.15) is 6.92 Å². The first-order chi connectivity index (χ1) is 4.02. The maximum Gasteiger partial charge on any atom is 0.319 e. The van der Waals surface area contributed by atoms with Gasteiger partial charge in [0, 0.05) is 0 Å².